The summed E-state index contributed by atoms with van der Waals surface area (Å²) in [4.78, 5) is 0.163. The van der Waals surface area contributed by atoms with Gasteiger partial charge in [0, 0.05) is 10.9 Å². The molecule has 0 heterocycles. The number of nitriles is 1. The molecule has 3 atom stereocenters. The Hall–Kier alpha value is -1.87. The van der Waals surface area contributed by atoms with Crippen molar-refractivity contribution in [2.45, 2.75) is 23.0 Å². The predicted octanol–water partition coefficient (Wildman–Crippen LogP) is 3.09. The van der Waals surface area contributed by atoms with Gasteiger partial charge in [0.1, 0.15) is 5.41 Å². The van der Waals surface area contributed by atoms with E-state index in [0.29, 0.717) is 10.6 Å². The van der Waals surface area contributed by atoms with Crippen LogP contribution < -0.4 is 0 Å². The first-order valence-electron chi connectivity index (χ1n) is 7.45. The third-order valence-electron chi connectivity index (χ3n) is 4.62. The standard InChI is InChI=1S/C18H16ClNO3S/c1-12-5-7-15(8-6-12)24(22,23)17-16(18(17,10-20)11-21)13-3-2-4-14(19)9-13/h2-9,16-17,21H,11H2,1H3/t16-,17-,18+/m0/s1. The van der Waals surface area contributed by atoms with Crippen molar-refractivity contribution < 1.29 is 13.5 Å². The van der Waals surface area contributed by atoms with Crippen LogP contribution in [0.2, 0.25) is 5.02 Å². The number of benzene rings is 2. The molecular weight excluding hydrogens is 346 g/mol. The molecule has 0 amide bonds. The van der Waals surface area contributed by atoms with Crippen molar-refractivity contribution in [3.05, 3.63) is 64.7 Å². The molecule has 3 rings (SSSR count). The summed E-state index contributed by atoms with van der Waals surface area (Å²) < 4.78 is 26.0. The number of aryl methyl sites for hydroxylation is 1. The summed E-state index contributed by atoms with van der Waals surface area (Å²) in [6.45, 7) is 1.35. The summed E-state index contributed by atoms with van der Waals surface area (Å²) in [6, 6.07) is 15.3. The summed E-state index contributed by atoms with van der Waals surface area (Å²) in [5.74, 6) is -0.600. The molecule has 24 heavy (non-hydrogen) atoms. The highest BCUT2D eigenvalue weighted by atomic mass is 35.5. The molecule has 0 unspecified atom stereocenters. The van der Waals surface area contributed by atoms with Gasteiger partial charge in [0.15, 0.2) is 9.84 Å². The normalized spacial score (nSPS) is 25.9. The van der Waals surface area contributed by atoms with E-state index >= 15 is 0 Å². The van der Waals surface area contributed by atoms with Crippen LogP contribution in [0.1, 0.15) is 17.0 Å². The zero-order valence-electron chi connectivity index (χ0n) is 13.0. The van der Waals surface area contributed by atoms with E-state index in [0.717, 1.165) is 5.56 Å². The second kappa shape index (κ2) is 5.89. The van der Waals surface area contributed by atoms with Crippen molar-refractivity contribution in [1.82, 2.24) is 0 Å². The van der Waals surface area contributed by atoms with Gasteiger partial charge in [-0.25, -0.2) is 8.42 Å². The Morgan fingerprint density at radius 1 is 1.25 bits per heavy atom. The van der Waals surface area contributed by atoms with Crippen molar-refractivity contribution in [1.29, 1.82) is 5.26 Å². The molecule has 1 aliphatic rings. The van der Waals surface area contributed by atoms with E-state index in [4.69, 9.17) is 11.6 Å². The largest absolute Gasteiger partial charge is 0.395 e. The van der Waals surface area contributed by atoms with Crippen LogP contribution in [0, 0.1) is 23.7 Å². The number of halogens is 1. The summed E-state index contributed by atoms with van der Waals surface area (Å²) in [5.41, 5.74) is 0.262. The van der Waals surface area contributed by atoms with Gasteiger partial charge < -0.3 is 5.11 Å². The zero-order valence-corrected chi connectivity index (χ0v) is 14.6. The lowest BCUT2D eigenvalue weighted by Crippen LogP contribution is -2.18. The molecule has 4 nitrogen and oxygen atoms in total. The topological polar surface area (TPSA) is 78.2 Å². The van der Waals surface area contributed by atoms with Crippen LogP contribution in [-0.4, -0.2) is 25.4 Å². The number of rotatable bonds is 4. The zero-order chi connectivity index (χ0) is 17.5. The highest BCUT2D eigenvalue weighted by Gasteiger charge is 2.72. The first kappa shape index (κ1) is 17.0. The smallest absolute Gasteiger partial charge is 0.183 e. The van der Waals surface area contributed by atoms with Gasteiger partial charge in [-0.2, -0.15) is 5.26 Å². The van der Waals surface area contributed by atoms with E-state index in [1.807, 2.05) is 13.0 Å². The molecule has 2 aromatic carbocycles. The third-order valence-corrected chi connectivity index (χ3v) is 7.14. The Morgan fingerprint density at radius 2 is 1.92 bits per heavy atom. The summed E-state index contributed by atoms with van der Waals surface area (Å²) in [5, 5.41) is 18.8. The van der Waals surface area contributed by atoms with Crippen molar-refractivity contribution in [3.63, 3.8) is 0 Å². The summed E-state index contributed by atoms with van der Waals surface area (Å²) >= 11 is 6.00. The molecule has 2 aromatic rings. The average Bonchev–Trinajstić information content (AvgIpc) is 3.26. The van der Waals surface area contributed by atoms with Crippen molar-refractivity contribution >= 4 is 21.4 Å². The molecule has 0 radical (unpaired) electrons. The number of nitrogens with zero attached hydrogens (tertiary/aromatic N) is 1. The van der Waals surface area contributed by atoms with E-state index < -0.39 is 33.0 Å². The Kier molecular flexibility index (Phi) is 4.16. The number of hydrogen-bond acceptors (Lipinski definition) is 4. The Morgan fingerprint density at radius 3 is 2.46 bits per heavy atom. The molecule has 124 valence electrons. The summed E-state index contributed by atoms with van der Waals surface area (Å²) in [7, 11) is -3.75. The molecule has 0 aliphatic heterocycles. The van der Waals surface area contributed by atoms with E-state index in [2.05, 4.69) is 0 Å². The first-order chi connectivity index (χ1) is 11.4. The van der Waals surface area contributed by atoms with Gasteiger partial charge in [-0.15, -0.1) is 0 Å². The van der Waals surface area contributed by atoms with Gasteiger partial charge in [-0.3, -0.25) is 0 Å². The van der Waals surface area contributed by atoms with Gasteiger partial charge in [0.25, 0.3) is 0 Å². The molecule has 0 spiro atoms. The van der Waals surface area contributed by atoms with Gasteiger partial charge in [-0.1, -0.05) is 41.4 Å². The van der Waals surface area contributed by atoms with Crippen LogP contribution in [0.4, 0.5) is 0 Å². The monoisotopic (exact) mass is 361 g/mol. The maximum Gasteiger partial charge on any atom is 0.183 e. The number of aliphatic hydroxyl groups excluding tert-OH is 1. The second-order valence-electron chi connectivity index (χ2n) is 6.12. The second-order valence-corrected chi connectivity index (χ2v) is 8.63. The Balaban J connectivity index is 2.08. The van der Waals surface area contributed by atoms with E-state index in [9.17, 15) is 18.8 Å². The van der Waals surface area contributed by atoms with Gasteiger partial charge >= 0.3 is 0 Å². The van der Waals surface area contributed by atoms with Crippen molar-refractivity contribution in [2.75, 3.05) is 6.61 Å². The number of hydrogen-bond donors (Lipinski definition) is 1. The van der Waals surface area contributed by atoms with E-state index in [-0.39, 0.29) is 4.90 Å². The maximum absolute atomic E-state index is 13.0. The number of aliphatic hydroxyl groups is 1. The molecule has 1 fully saturated rings. The van der Waals surface area contributed by atoms with Crippen LogP contribution >= 0.6 is 11.6 Å². The molecular formula is C18H16ClNO3S. The third kappa shape index (κ3) is 2.51. The van der Waals surface area contributed by atoms with Crippen LogP contribution in [0.5, 0.6) is 0 Å². The Labute approximate surface area is 146 Å². The quantitative estimate of drug-likeness (QED) is 0.907. The maximum atomic E-state index is 13.0. The van der Waals surface area contributed by atoms with E-state index in [1.165, 1.54) is 12.1 Å². The van der Waals surface area contributed by atoms with Crippen LogP contribution in [0.3, 0.4) is 0 Å². The van der Waals surface area contributed by atoms with Crippen LogP contribution in [0.15, 0.2) is 53.4 Å². The predicted molar refractivity (Wildman–Crippen MR) is 91.5 cm³/mol. The molecule has 1 N–H and O–H groups in total. The fraction of sp³-hybridized carbons (Fsp3) is 0.278. The van der Waals surface area contributed by atoms with Crippen molar-refractivity contribution in [3.8, 4) is 6.07 Å². The fourth-order valence-electron chi connectivity index (χ4n) is 3.26. The average molecular weight is 362 g/mol. The highest BCUT2D eigenvalue weighted by Crippen LogP contribution is 2.63. The van der Waals surface area contributed by atoms with Gasteiger partial charge in [0.2, 0.25) is 0 Å². The minimum atomic E-state index is -3.75. The van der Waals surface area contributed by atoms with Gasteiger partial charge in [-0.05, 0) is 36.8 Å². The molecule has 0 bridgehead atoms. The highest BCUT2D eigenvalue weighted by molar-refractivity contribution is 7.92. The minimum absolute atomic E-state index is 0.163. The lowest BCUT2D eigenvalue weighted by atomic mass is 10.0. The fourth-order valence-corrected chi connectivity index (χ4v) is 5.78. The molecule has 0 saturated heterocycles. The number of sulfone groups is 1. The molecule has 0 aromatic heterocycles. The SMILES string of the molecule is Cc1ccc(S(=O)(=O)[C@H]2[C@H](c3cccc(Cl)c3)[C@@]2(C#N)CO)cc1. The lowest BCUT2D eigenvalue weighted by molar-refractivity contribution is 0.242. The molecule has 6 heteroatoms. The Bertz CT molecular complexity index is 918. The van der Waals surface area contributed by atoms with Crippen molar-refractivity contribution in [2.24, 2.45) is 5.41 Å². The molecule has 1 aliphatic carbocycles. The molecule has 1 saturated carbocycles. The van der Waals surface area contributed by atoms with Gasteiger partial charge in [0.05, 0.1) is 22.8 Å². The van der Waals surface area contributed by atoms with Crippen LogP contribution in [0.25, 0.3) is 0 Å². The minimum Gasteiger partial charge on any atom is -0.395 e. The van der Waals surface area contributed by atoms with E-state index in [1.54, 1.807) is 36.4 Å². The summed E-state index contributed by atoms with van der Waals surface area (Å²) in [6.07, 6.45) is 0. The van der Waals surface area contributed by atoms with Crippen LogP contribution in [-0.2, 0) is 9.84 Å². The lowest BCUT2D eigenvalue weighted by Gasteiger charge is -2.06. The first-order valence-corrected chi connectivity index (χ1v) is 9.37.